The Kier molecular flexibility index (Phi) is 11.8. The number of hydrogen-bond donors (Lipinski definition) is 1. The zero-order valence-corrected chi connectivity index (χ0v) is 15.5. The number of benzene rings is 1. The number of rotatable bonds is 5. The molecule has 0 amide bonds. The van der Waals surface area contributed by atoms with E-state index in [2.05, 4.69) is 4.98 Å². The van der Waals surface area contributed by atoms with E-state index < -0.39 is 0 Å². The van der Waals surface area contributed by atoms with Crippen LogP contribution in [-0.4, -0.2) is 17.6 Å². The molecule has 24 heavy (non-hydrogen) atoms. The van der Waals surface area contributed by atoms with Crippen molar-refractivity contribution in [2.45, 2.75) is 47.5 Å². The SMILES string of the molecule is CC.CC.CCOC(=O)c1ccc(CCc2cccc(N)n2)cc1. The van der Waals surface area contributed by atoms with Crippen LogP contribution in [0.2, 0.25) is 0 Å². The van der Waals surface area contributed by atoms with Crippen molar-refractivity contribution in [1.82, 2.24) is 4.98 Å². The van der Waals surface area contributed by atoms with Crippen LogP contribution in [0.25, 0.3) is 0 Å². The fourth-order valence-electron chi connectivity index (χ4n) is 1.93. The van der Waals surface area contributed by atoms with Crippen LogP contribution in [0.3, 0.4) is 0 Å². The third-order valence-electron chi connectivity index (χ3n) is 2.96. The van der Waals surface area contributed by atoms with Gasteiger partial charge in [-0.1, -0.05) is 45.9 Å². The molecule has 0 radical (unpaired) electrons. The Hall–Kier alpha value is -2.36. The Balaban J connectivity index is 0.00000123. The summed E-state index contributed by atoms with van der Waals surface area (Å²) < 4.78 is 4.95. The van der Waals surface area contributed by atoms with Crippen molar-refractivity contribution in [3.8, 4) is 0 Å². The molecule has 2 rings (SSSR count). The summed E-state index contributed by atoms with van der Waals surface area (Å²) in [4.78, 5) is 15.8. The van der Waals surface area contributed by atoms with Crippen LogP contribution < -0.4 is 5.73 Å². The maximum absolute atomic E-state index is 11.5. The number of carbonyl (C=O) groups excluding carboxylic acids is 1. The summed E-state index contributed by atoms with van der Waals surface area (Å²) in [6, 6.07) is 13.1. The summed E-state index contributed by atoms with van der Waals surface area (Å²) in [6.45, 7) is 10.2. The molecule has 0 aliphatic heterocycles. The molecule has 2 aromatic rings. The fraction of sp³-hybridized carbons (Fsp3) is 0.400. The zero-order chi connectivity index (χ0) is 18.4. The Morgan fingerprint density at radius 3 is 2.17 bits per heavy atom. The van der Waals surface area contributed by atoms with Gasteiger partial charge in [-0.05, 0) is 49.6 Å². The molecule has 1 aromatic carbocycles. The smallest absolute Gasteiger partial charge is 0.338 e. The summed E-state index contributed by atoms with van der Waals surface area (Å²) in [6.07, 6.45) is 1.68. The van der Waals surface area contributed by atoms with E-state index in [0.717, 1.165) is 24.1 Å². The summed E-state index contributed by atoms with van der Waals surface area (Å²) in [7, 11) is 0. The van der Waals surface area contributed by atoms with Gasteiger partial charge in [0.05, 0.1) is 12.2 Å². The van der Waals surface area contributed by atoms with Crippen LogP contribution in [-0.2, 0) is 17.6 Å². The molecule has 0 fully saturated rings. The van der Waals surface area contributed by atoms with Crippen molar-refractivity contribution in [1.29, 1.82) is 0 Å². The topological polar surface area (TPSA) is 65.2 Å². The van der Waals surface area contributed by atoms with E-state index in [0.29, 0.717) is 18.0 Å². The van der Waals surface area contributed by atoms with Crippen molar-refractivity contribution < 1.29 is 9.53 Å². The number of nitrogen functional groups attached to an aromatic ring is 1. The number of aromatic nitrogens is 1. The van der Waals surface area contributed by atoms with Crippen LogP contribution in [0.15, 0.2) is 42.5 Å². The number of hydrogen-bond acceptors (Lipinski definition) is 4. The first-order valence-electron chi connectivity index (χ1n) is 8.66. The Morgan fingerprint density at radius 1 is 1.00 bits per heavy atom. The van der Waals surface area contributed by atoms with Gasteiger partial charge in [-0.15, -0.1) is 0 Å². The third-order valence-corrected chi connectivity index (χ3v) is 2.96. The highest BCUT2D eigenvalue weighted by Crippen LogP contribution is 2.10. The number of carbonyl (C=O) groups is 1. The maximum Gasteiger partial charge on any atom is 0.338 e. The minimum atomic E-state index is -0.281. The number of esters is 1. The van der Waals surface area contributed by atoms with Crippen LogP contribution >= 0.6 is 0 Å². The molecule has 0 aliphatic carbocycles. The molecule has 0 atom stereocenters. The summed E-state index contributed by atoms with van der Waals surface area (Å²) >= 11 is 0. The lowest BCUT2D eigenvalue weighted by Crippen LogP contribution is -2.04. The molecule has 0 saturated heterocycles. The van der Waals surface area contributed by atoms with Gasteiger partial charge in [0.1, 0.15) is 5.82 Å². The standard InChI is InChI=1S/C16H18N2O2.2C2H6/c1-2-20-16(19)13-9-6-12(7-10-13)8-11-14-4-3-5-15(17)18-14;2*1-2/h3-7,9-10H,2,8,11H2,1H3,(H2,17,18);2*1-2H3. The number of anilines is 1. The van der Waals surface area contributed by atoms with E-state index in [-0.39, 0.29) is 5.97 Å². The molecular weight excluding hydrogens is 300 g/mol. The van der Waals surface area contributed by atoms with Gasteiger partial charge >= 0.3 is 5.97 Å². The fourth-order valence-corrected chi connectivity index (χ4v) is 1.93. The highest BCUT2D eigenvalue weighted by molar-refractivity contribution is 5.89. The summed E-state index contributed by atoms with van der Waals surface area (Å²) in [5.41, 5.74) is 8.35. The first-order valence-corrected chi connectivity index (χ1v) is 8.66. The third kappa shape index (κ3) is 7.77. The van der Waals surface area contributed by atoms with Gasteiger partial charge in [-0.3, -0.25) is 0 Å². The molecule has 0 unspecified atom stereocenters. The predicted octanol–water partition coefficient (Wildman–Crippen LogP) is 4.68. The van der Waals surface area contributed by atoms with Crippen molar-refractivity contribution >= 4 is 11.8 Å². The number of nitrogens with zero attached hydrogens (tertiary/aromatic N) is 1. The van der Waals surface area contributed by atoms with Crippen LogP contribution in [0, 0.1) is 0 Å². The monoisotopic (exact) mass is 330 g/mol. The molecule has 4 nitrogen and oxygen atoms in total. The lowest BCUT2D eigenvalue weighted by Gasteiger charge is -2.05. The van der Waals surface area contributed by atoms with E-state index in [1.807, 2.05) is 52.0 Å². The molecule has 132 valence electrons. The van der Waals surface area contributed by atoms with Gasteiger partial charge in [-0.2, -0.15) is 0 Å². The maximum atomic E-state index is 11.5. The van der Waals surface area contributed by atoms with Crippen LogP contribution in [0.4, 0.5) is 5.82 Å². The molecule has 4 heteroatoms. The molecule has 0 bridgehead atoms. The van der Waals surface area contributed by atoms with E-state index >= 15 is 0 Å². The summed E-state index contributed by atoms with van der Waals surface area (Å²) in [5, 5.41) is 0. The average molecular weight is 330 g/mol. The van der Waals surface area contributed by atoms with Gasteiger partial charge in [0.2, 0.25) is 0 Å². The van der Waals surface area contributed by atoms with E-state index in [9.17, 15) is 4.79 Å². The minimum absolute atomic E-state index is 0.281. The number of pyridine rings is 1. The second-order valence-corrected chi connectivity index (χ2v) is 4.47. The number of aryl methyl sites for hydroxylation is 2. The molecule has 2 N–H and O–H groups in total. The zero-order valence-electron chi connectivity index (χ0n) is 15.5. The first-order chi connectivity index (χ1) is 11.7. The lowest BCUT2D eigenvalue weighted by atomic mass is 10.1. The van der Waals surface area contributed by atoms with Gasteiger partial charge in [0, 0.05) is 5.69 Å². The van der Waals surface area contributed by atoms with Gasteiger partial charge in [0.25, 0.3) is 0 Å². The van der Waals surface area contributed by atoms with Crippen molar-refractivity contribution in [2.75, 3.05) is 12.3 Å². The minimum Gasteiger partial charge on any atom is -0.462 e. The molecule has 1 heterocycles. The summed E-state index contributed by atoms with van der Waals surface area (Å²) in [5.74, 6) is 0.261. The van der Waals surface area contributed by atoms with Crippen molar-refractivity contribution in [3.63, 3.8) is 0 Å². The lowest BCUT2D eigenvalue weighted by molar-refractivity contribution is 0.0526. The predicted molar refractivity (Wildman–Crippen MR) is 101 cm³/mol. The highest BCUT2D eigenvalue weighted by Gasteiger charge is 2.05. The Labute approximate surface area is 146 Å². The Bertz CT molecular complexity index is 580. The van der Waals surface area contributed by atoms with Crippen molar-refractivity contribution in [2.24, 2.45) is 0 Å². The van der Waals surface area contributed by atoms with E-state index in [1.54, 1.807) is 25.1 Å². The second kappa shape index (κ2) is 13.1. The molecule has 0 aliphatic rings. The van der Waals surface area contributed by atoms with E-state index in [1.165, 1.54) is 0 Å². The van der Waals surface area contributed by atoms with Crippen molar-refractivity contribution in [3.05, 3.63) is 59.3 Å². The quantitative estimate of drug-likeness (QED) is 0.809. The van der Waals surface area contributed by atoms with Gasteiger partial charge in [-0.25, -0.2) is 9.78 Å². The van der Waals surface area contributed by atoms with Crippen LogP contribution in [0.1, 0.15) is 56.2 Å². The first kappa shape index (κ1) is 21.6. The van der Waals surface area contributed by atoms with E-state index in [4.69, 9.17) is 10.5 Å². The van der Waals surface area contributed by atoms with Gasteiger partial charge in [0.15, 0.2) is 0 Å². The molecule has 1 aromatic heterocycles. The molecular formula is C20H30N2O2. The largest absolute Gasteiger partial charge is 0.462 e. The second-order valence-electron chi connectivity index (χ2n) is 4.47. The molecule has 0 saturated carbocycles. The average Bonchev–Trinajstić information content (AvgIpc) is 2.64. The number of nitrogens with two attached hydrogens (primary N) is 1. The highest BCUT2D eigenvalue weighted by atomic mass is 16.5. The molecule has 0 spiro atoms. The van der Waals surface area contributed by atoms with Gasteiger partial charge < -0.3 is 10.5 Å². The van der Waals surface area contributed by atoms with Crippen LogP contribution in [0.5, 0.6) is 0 Å². The Morgan fingerprint density at radius 2 is 1.62 bits per heavy atom. The normalized spacial score (nSPS) is 9.04. The number of ether oxygens (including phenoxy) is 1.